The van der Waals surface area contributed by atoms with Crippen molar-refractivity contribution in [3.05, 3.63) is 34.9 Å². The summed E-state index contributed by atoms with van der Waals surface area (Å²) >= 11 is 0. The predicted molar refractivity (Wildman–Crippen MR) is 77.8 cm³/mol. The molecule has 2 rings (SSSR count). The van der Waals surface area contributed by atoms with Crippen LogP contribution in [0.4, 0.5) is 5.69 Å². The minimum Gasteiger partial charge on any atom is -0.489 e. The zero-order valence-electron chi connectivity index (χ0n) is 12.3. The molecule has 0 atom stereocenters. The maximum absolute atomic E-state index is 12.1. The zero-order valence-corrected chi connectivity index (χ0v) is 12.3. The van der Waals surface area contributed by atoms with Gasteiger partial charge in [-0.2, -0.15) is 0 Å². The van der Waals surface area contributed by atoms with E-state index in [1.807, 2.05) is 52.8 Å². The highest BCUT2D eigenvalue weighted by Crippen LogP contribution is 2.44. The Bertz CT molecular complexity index is 552. The number of amides is 1. The summed E-state index contributed by atoms with van der Waals surface area (Å²) in [5.41, 5.74) is 3.63. The van der Waals surface area contributed by atoms with Gasteiger partial charge in [-0.25, -0.2) is 0 Å². The lowest BCUT2D eigenvalue weighted by atomic mass is 9.85. The van der Waals surface area contributed by atoms with Gasteiger partial charge in [-0.05, 0) is 52.3 Å². The van der Waals surface area contributed by atoms with E-state index in [-0.39, 0.29) is 5.91 Å². The number of hydrogen-bond donors (Lipinski definition) is 1. The second-order valence-electron chi connectivity index (χ2n) is 5.80. The molecule has 1 aromatic rings. The standard InChI is InChI=1S/C16H21NO2/c1-10(2)8-9-19-12-7-6-11(3)14-13(12)16(4,5)15(18)17-14/h6-8H,9H2,1-5H3,(H,17,18). The maximum atomic E-state index is 12.1. The van der Waals surface area contributed by atoms with Crippen molar-refractivity contribution < 1.29 is 9.53 Å². The first-order valence-corrected chi connectivity index (χ1v) is 6.55. The van der Waals surface area contributed by atoms with Crippen molar-refractivity contribution in [2.75, 3.05) is 11.9 Å². The first-order chi connectivity index (χ1) is 8.84. The maximum Gasteiger partial charge on any atom is 0.234 e. The second kappa shape index (κ2) is 4.72. The van der Waals surface area contributed by atoms with Gasteiger partial charge >= 0.3 is 0 Å². The molecule has 102 valence electrons. The Morgan fingerprint density at radius 2 is 2.05 bits per heavy atom. The van der Waals surface area contributed by atoms with Crippen LogP contribution in [0.2, 0.25) is 0 Å². The number of fused-ring (bicyclic) bond motifs is 1. The van der Waals surface area contributed by atoms with Crippen molar-refractivity contribution in [3.8, 4) is 5.75 Å². The normalized spacial score (nSPS) is 15.7. The van der Waals surface area contributed by atoms with Crippen LogP contribution in [0.25, 0.3) is 0 Å². The van der Waals surface area contributed by atoms with Gasteiger partial charge in [0.05, 0.1) is 11.1 Å². The summed E-state index contributed by atoms with van der Waals surface area (Å²) in [6.45, 7) is 10.5. The monoisotopic (exact) mass is 259 g/mol. The summed E-state index contributed by atoms with van der Waals surface area (Å²) < 4.78 is 5.83. The molecule has 1 amide bonds. The Balaban J connectivity index is 2.40. The molecule has 0 fully saturated rings. The lowest BCUT2D eigenvalue weighted by molar-refractivity contribution is -0.119. The molecule has 0 saturated heterocycles. The molecule has 3 heteroatoms. The molecule has 1 aliphatic rings. The quantitative estimate of drug-likeness (QED) is 0.843. The molecule has 0 unspecified atom stereocenters. The molecule has 0 aromatic heterocycles. The Hall–Kier alpha value is -1.77. The van der Waals surface area contributed by atoms with Gasteiger partial charge < -0.3 is 10.1 Å². The van der Waals surface area contributed by atoms with E-state index in [2.05, 4.69) is 5.32 Å². The second-order valence-corrected chi connectivity index (χ2v) is 5.80. The van der Waals surface area contributed by atoms with Crippen LogP contribution in [-0.4, -0.2) is 12.5 Å². The summed E-state index contributed by atoms with van der Waals surface area (Å²) in [5, 5.41) is 2.96. The summed E-state index contributed by atoms with van der Waals surface area (Å²) in [6, 6.07) is 3.94. The van der Waals surface area contributed by atoms with E-state index in [4.69, 9.17) is 4.74 Å². The van der Waals surface area contributed by atoms with E-state index in [0.717, 1.165) is 22.6 Å². The first-order valence-electron chi connectivity index (χ1n) is 6.55. The Labute approximate surface area is 114 Å². The fraction of sp³-hybridized carbons (Fsp3) is 0.438. The molecule has 1 aromatic carbocycles. The smallest absolute Gasteiger partial charge is 0.234 e. The van der Waals surface area contributed by atoms with Crippen molar-refractivity contribution in [1.29, 1.82) is 0 Å². The van der Waals surface area contributed by atoms with Crippen LogP contribution in [-0.2, 0) is 10.2 Å². The number of nitrogens with one attached hydrogen (secondary N) is 1. The topological polar surface area (TPSA) is 38.3 Å². The van der Waals surface area contributed by atoms with E-state index in [1.54, 1.807) is 0 Å². The molecule has 3 nitrogen and oxygen atoms in total. The molecule has 0 bridgehead atoms. The summed E-state index contributed by atoms with van der Waals surface area (Å²) in [5.74, 6) is 0.824. The van der Waals surface area contributed by atoms with Crippen LogP contribution in [0.15, 0.2) is 23.8 Å². The van der Waals surface area contributed by atoms with Crippen molar-refractivity contribution >= 4 is 11.6 Å². The van der Waals surface area contributed by atoms with Gasteiger partial charge in [0.1, 0.15) is 12.4 Å². The van der Waals surface area contributed by atoms with Gasteiger partial charge in [-0.1, -0.05) is 11.6 Å². The number of carbonyl (C=O) groups is 1. The molecule has 1 aliphatic heterocycles. The van der Waals surface area contributed by atoms with Crippen LogP contribution in [0.1, 0.15) is 38.8 Å². The van der Waals surface area contributed by atoms with E-state index < -0.39 is 5.41 Å². The number of allylic oxidation sites excluding steroid dienone is 1. The molecule has 0 spiro atoms. The van der Waals surface area contributed by atoms with Gasteiger partial charge in [-0.3, -0.25) is 4.79 Å². The van der Waals surface area contributed by atoms with Crippen LogP contribution >= 0.6 is 0 Å². The zero-order chi connectivity index (χ0) is 14.2. The van der Waals surface area contributed by atoms with Gasteiger partial charge in [0.15, 0.2) is 0 Å². The fourth-order valence-electron chi connectivity index (χ4n) is 2.27. The fourth-order valence-corrected chi connectivity index (χ4v) is 2.27. The van der Waals surface area contributed by atoms with E-state index in [1.165, 1.54) is 5.57 Å². The van der Waals surface area contributed by atoms with Crippen LogP contribution in [0.5, 0.6) is 5.75 Å². The summed E-state index contributed by atoms with van der Waals surface area (Å²) in [4.78, 5) is 12.1. The number of aryl methyl sites for hydroxylation is 1. The highest BCUT2D eigenvalue weighted by molar-refractivity contribution is 6.07. The highest BCUT2D eigenvalue weighted by Gasteiger charge is 2.41. The number of anilines is 1. The number of rotatable bonds is 3. The molecular formula is C16H21NO2. The lowest BCUT2D eigenvalue weighted by Gasteiger charge is -2.19. The van der Waals surface area contributed by atoms with E-state index in [9.17, 15) is 4.79 Å². The van der Waals surface area contributed by atoms with Crippen molar-refractivity contribution in [2.24, 2.45) is 0 Å². The Morgan fingerprint density at radius 1 is 1.37 bits per heavy atom. The highest BCUT2D eigenvalue weighted by atomic mass is 16.5. The number of hydrogen-bond acceptors (Lipinski definition) is 2. The van der Waals surface area contributed by atoms with Gasteiger partial charge in [0.2, 0.25) is 5.91 Å². The number of ether oxygens (including phenoxy) is 1. The van der Waals surface area contributed by atoms with Crippen LogP contribution in [0.3, 0.4) is 0 Å². The van der Waals surface area contributed by atoms with Crippen molar-refractivity contribution in [2.45, 2.75) is 40.0 Å². The van der Waals surface area contributed by atoms with Gasteiger partial charge in [-0.15, -0.1) is 0 Å². The van der Waals surface area contributed by atoms with Gasteiger partial charge in [0, 0.05) is 5.56 Å². The van der Waals surface area contributed by atoms with Gasteiger partial charge in [0.25, 0.3) is 0 Å². The Kier molecular flexibility index (Phi) is 3.40. The average Bonchev–Trinajstić information content (AvgIpc) is 2.55. The van der Waals surface area contributed by atoms with E-state index in [0.29, 0.717) is 6.61 Å². The van der Waals surface area contributed by atoms with Crippen molar-refractivity contribution in [3.63, 3.8) is 0 Å². The Morgan fingerprint density at radius 3 is 2.68 bits per heavy atom. The average molecular weight is 259 g/mol. The summed E-state index contributed by atoms with van der Waals surface area (Å²) in [7, 11) is 0. The van der Waals surface area contributed by atoms with Crippen molar-refractivity contribution in [1.82, 2.24) is 0 Å². The number of benzene rings is 1. The third-order valence-corrected chi connectivity index (χ3v) is 3.54. The van der Waals surface area contributed by atoms with E-state index >= 15 is 0 Å². The molecular weight excluding hydrogens is 238 g/mol. The minimum absolute atomic E-state index is 0.0314. The summed E-state index contributed by atoms with van der Waals surface area (Å²) in [6.07, 6.45) is 2.03. The first kappa shape index (κ1) is 13.7. The van der Waals surface area contributed by atoms with Crippen LogP contribution in [0, 0.1) is 6.92 Å². The lowest BCUT2D eigenvalue weighted by Crippen LogP contribution is -2.27. The third kappa shape index (κ3) is 2.37. The minimum atomic E-state index is -0.540. The molecule has 0 radical (unpaired) electrons. The third-order valence-electron chi connectivity index (χ3n) is 3.54. The van der Waals surface area contributed by atoms with Crippen LogP contribution < -0.4 is 10.1 Å². The SMILES string of the molecule is CC(C)=CCOc1ccc(C)c2c1C(C)(C)C(=O)N2. The predicted octanol–water partition coefficient (Wildman–Crippen LogP) is 3.57. The molecule has 1 N–H and O–H groups in total. The largest absolute Gasteiger partial charge is 0.489 e. The molecule has 1 heterocycles. The molecule has 19 heavy (non-hydrogen) atoms. The molecule has 0 saturated carbocycles. The molecule has 0 aliphatic carbocycles. The number of carbonyl (C=O) groups excluding carboxylic acids is 1.